The molecule has 0 amide bonds. The number of aromatic amines is 1. The largest absolute Gasteiger partial charge is 0.323 e. The molecule has 0 aliphatic heterocycles. The summed E-state index contributed by atoms with van der Waals surface area (Å²) in [5.74, 6) is 0.404. The predicted molar refractivity (Wildman–Crippen MR) is 46.1 cm³/mol. The number of aromatic nitrogens is 3. The second-order valence-corrected chi connectivity index (χ2v) is 2.43. The van der Waals surface area contributed by atoms with Crippen molar-refractivity contribution in [3.8, 4) is 0 Å². The van der Waals surface area contributed by atoms with E-state index in [0.717, 1.165) is 0 Å². The lowest BCUT2D eigenvalue weighted by molar-refractivity contribution is 0.626. The summed E-state index contributed by atoms with van der Waals surface area (Å²) in [6.07, 6.45) is 3.09. The van der Waals surface area contributed by atoms with Crippen molar-refractivity contribution in [2.75, 3.05) is 5.32 Å². The van der Waals surface area contributed by atoms with E-state index in [-0.39, 0.29) is 5.82 Å². The Morgan fingerprint density at radius 1 is 1.31 bits per heavy atom. The van der Waals surface area contributed by atoms with E-state index < -0.39 is 5.82 Å². The average molecular weight is 178 g/mol. The van der Waals surface area contributed by atoms with E-state index in [1.807, 2.05) is 0 Å². The molecule has 66 valence electrons. The summed E-state index contributed by atoms with van der Waals surface area (Å²) in [6, 6.07) is 4.56. The molecule has 2 aromatic rings. The molecule has 2 rings (SSSR count). The van der Waals surface area contributed by atoms with Crippen LogP contribution in [0.1, 0.15) is 0 Å². The van der Waals surface area contributed by atoms with Crippen LogP contribution in [0.2, 0.25) is 0 Å². The lowest BCUT2D eigenvalue weighted by Gasteiger charge is -2.01. The van der Waals surface area contributed by atoms with Gasteiger partial charge in [0.1, 0.15) is 5.82 Å². The summed E-state index contributed by atoms with van der Waals surface area (Å²) in [5.41, 5.74) is 0. The molecule has 0 saturated heterocycles. The Labute approximate surface area is 73.8 Å². The van der Waals surface area contributed by atoms with Gasteiger partial charge in [0.25, 0.3) is 0 Å². The van der Waals surface area contributed by atoms with E-state index in [2.05, 4.69) is 20.5 Å². The van der Waals surface area contributed by atoms with Crippen molar-refractivity contribution in [2.24, 2.45) is 0 Å². The van der Waals surface area contributed by atoms with Crippen LogP contribution in [-0.4, -0.2) is 15.2 Å². The highest BCUT2D eigenvalue weighted by Gasteiger charge is 2.01. The Kier molecular flexibility index (Phi) is 1.91. The van der Waals surface area contributed by atoms with Gasteiger partial charge in [0.15, 0.2) is 11.6 Å². The summed E-state index contributed by atoms with van der Waals surface area (Å²) in [7, 11) is 0. The summed E-state index contributed by atoms with van der Waals surface area (Å²) in [4.78, 5) is 3.82. The van der Waals surface area contributed by atoms with Crippen molar-refractivity contribution in [1.82, 2.24) is 15.2 Å². The second-order valence-electron chi connectivity index (χ2n) is 2.43. The molecular formula is C8H7FN4. The first-order chi connectivity index (χ1) is 6.36. The van der Waals surface area contributed by atoms with Gasteiger partial charge < -0.3 is 5.32 Å². The fourth-order valence-corrected chi connectivity index (χ4v) is 0.931. The van der Waals surface area contributed by atoms with Crippen LogP contribution in [0, 0.1) is 5.82 Å². The molecule has 0 saturated carbocycles. The first-order valence-corrected chi connectivity index (χ1v) is 3.73. The Hall–Kier alpha value is -1.91. The zero-order valence-electron chi connectivity index (χ0n) is 6.66. The molecule has 13 heavy (non-hydrogen) atoms. The van der Waals surface area contributed by atoms with Crippen LogP contribution >= 0.6 is 0 Å². The number of nitrogens with one attached hydrogen (secondary N) is 2. The second kappa shape index (κ2) is 3.22. The maximum Gasteiger partial charge on any atom is 0.167 e. The molecule has 0 unspecified atom stereocenters. The molecule has 0 aliphatic rings. The number of halogens is 1. The zero-order chi connectivity index (χ0) is 9.10. The third-order valence-electron chi connectivity index (χ3n) is 1.51. The average Bonchev–Trinajstić information content (AvgIpc) is 2.61. The Morgan fingerprint density at radius 2 is 2.23 bits per heavy atom. The van der Waals surface area contributed by atoms with Gasteiger partial charge in [-0.15, -0.1) is 0 Å². The molecule has 5 heteroatoms. The molecule has 2 N–H and O–H groups in total. The van der Waals surface area contributed by atoms with Gasteiger partial charge in [0.05, 0.1) is 6.20 Å². The number of pyridine rings is 1. The fraction of sp³-hybridized carbons (Fsp3) is 0. The molecule has 0 atom stereocenters. The molecule has 4 nitrogen and oxygen atoms in total. The minimum Gasteiger partial charge on any atom is -0.323 e. The minimum absolute atomic E-state index is 0.187. The number of rotatable bonds is 2. The van der Waals surface area contributed by atoms with Crippen molar-refractivity contribution in [3.63, 3.8) is 0 Å². The van der Waals surface area contributed by atoms with Gasteiger partial charge in [-0.3, -0.25) is 5.10 Å². The zero-order valence-corrected chi connectivity index (χ0v) is 6.66. The smallest absolute Gasteiger partial charge is 0.167 e. The van der Waals surface area contributed by atoms with Gasteiger partial charge in [-0.05, 0) is 12.1 Å². The molecule has 0 radical (unpaired) electrons. The van der Waals surface area contributed by atoms with Gasteiger partial charge in [0.2, 0.25) is 0 Å². The van der Waals surface area contributed by atoms with Gasteiger partial charge in [-0.2, -0.15) is 5.10 Å². The Balaban J connectivity index is 2.24. The number of hydrogen-bond acceptors (Lipinski definition) is 3. The highest BCUT2D eigenvalue weighted by atomic mass is 19.1. The number of nitrogens with zero attached hydrogens (tertiary/aromatic N) is 2. The topological polar surface area (TPSA) is 53.6 Å². The lowest BCUT2D eigenvalue weighted by Crippen LogP contribution is -1.96. The van der Waals surface area contributed by atoms with E-state index >= 15 is 0 Å². The third-order valence-corrected chi connectivity index (χ3v) is 1.51. The van der Waals surface area contributed by atoms with Crippen LogP contribution in [0.3, 0.4) is 0 Å². The van der Waals surface area contributed by atoms with E-state index in [4.69, 9.17) is 0 Å². The molecular weight excluding hydrogens is 171 g/mol. The first kappa shape index (κ1) is 7.72. The van der Waals surface area contributed by atoms with Crippen molar-refractivity contribution in [3.05, 3.63) is 36.4 Å². The van der Waals surface area contributed by atoms with Crippen molar-refractivity contribution in [2.45, 2.75) is 0 Å². The highest BCUT2D eigenvalue weighted by Crippen LogP contribution is 2.13. The number of H-pyrrole nitrogens is 1. The molecule has 2 heterocycles. The van der Waals surface area contributed by atoms with Gasteiger partial charge in [0, 0.05) is 12.3 Å². The standard InChI is InChI=1S/C8H7FN4/c9-6-2-1-4-10-8(6)12-7-3-5-11-13-7/h1-5H,(H2,10,11,12,13). The molecule has 0 aromatic carbocycles. The van der Waals surface area contributed by atoms with Gasteiger partial charge in [-0.1, -0.05) is 0 Å². The minimum atomic E-state index is -0.392. The van der Waals surface area contributed by atoms with Crippen LogP contribution in [0.25, 0.3) is 0 Å². The molecule has 2 aromatic heterocycles. The van der Waals surface area contributed by atoms with Crippen LogP contribution in [0.4, 0.5) is 16.0 Å². The van der Waals surface area contributed by atoms with Gasteiger partial charge >= 0.3 is 0 Å². The summed E-state index contributed by atoms with van der Waals surface area (Å²) in [5, 5.41) is 9.10. The Morgan fingerprint density at radius 3 is 2.92 bits per heavy atom. The maximum atomic E-state index is 13.0. The quantitative estimate of drug-likeness (QED) is 0.735. The Bertz CT molecular complexity index is 385. The number of anilines is 2. The van der Waals surface area contributed by atoms with E-state index in [1.165, 1.54) is 18.3 Å². The first-order valence-electron chi connectivity index (χ1n) is 3.73. The van der Waals surface area contributed by atoms with Crippen molar-refractivity contribution < 1.29 is 4.39 Å². The summed E-state index contributed by atoms with van der Waals surface area (Å²) in [6.45, 7) is 0. The normalized spacial score (nSPS) is 9.92. The molecule has 0 aliphatic carbocycles. The number of hydrogen-bond donors (Lipinski definition) is 2. The van der Waals surface area contributed by atoms with Crippen LogP contribution in [0.15, 0.2) is 30.6 Å². The highest BCUT2D eigenvalue weighted by molar-refractivity contribution is 5.50. The summed E-state index contributed by atoms with van der Waals surface area (Å²) >= 11 is 0. The van der Waals surface area contributed by atoms with Crippen molar-refractivity contribution in [1.29, 1.82) is 0 Å². The molecule has 0 spiro atoms. The maximum absolute atomic E-state index is 13.0. The monoisotopic (exact) mass is 178 g/mol. The fourth-order valence-electron chi connectivity index (χ4n) is 0.931. The third kappa shape index (κ3) is 1.64. The van der Waals surface area contributed by atoms with Crippen LogP contribution in [-0.2, 0) is 0 Å². The van der Waals surface area contributed by atoms with Crippen LogP contribution < -0.4 is 5.32 Å². The lowest BCUT2D eigenvalue weighted by atomic mass is 10.4. The van der Waals surface area contributed by atoms with E-state index in [1.54, 1.807) is 12.3 Å². The molecule has 0 fully saturated rings. The van der Waals surface area contributed by atoms with Gasteiger partial charge in [-0.25, -0.2) is 9.37 Å². The SMILES string of the molecule is Fc1cccnc1Nc1ccn[nH]1. The van der Waals surface area contributed by atoms with Crippen molar-refractivity contribution >= 4 is 11.6 Å². The predicted octanol–water partition coefficient (Wildman–Crippen LogP) is 1.69. The van der Waals surface area contributed by atoms with E-state index in [0.29, 0.717) is 5.82 Å². The van der Waals surface area contributed by atoms with E-state index in [9.17, 15) is 4.39 Å². The van der Waals surface area contributed by atoms with Crippen LogP contribution in [0.5, 0.6) is 0 Å². The summed E-state index contributed by atoms with van der Waals surface area (Å²) < 4.78 is 13.0. The molecule has 0 bridgehead atoms.